The number of hydrogen-bond donors (Lipinski definition) is 2. The molecule has 0 bridgehead atoms. The molecule has 0 radical (unpaired) electrons. The molecular formula is C23H40N4O6. The van der Waals surface area contributed by atoms with Gasteiger partial charge in [-0.25, -0.2) is 0 Å². The molecule has 0 spiro atoms. The zero-order chi connectivity index (χ0) is 23.6. The Bertz CT molecular complexity index is 651. The van der Waals surface area contributed by atoms with Gasteiger partial charge in [-0.05, 0) is 38.1 Å². The van der Waals surface area contributed by atoms with E-state index in [0.29, 0.717) is 85.0 Å². The van der Waals surface area contributed by atoms with Gasteiger partial charge in [-0.1, -0.05) is 0 Å². The smallest absolute Gasteiger partial charge is 0.222 e. The molecule has 2 rings (SSSR count). The molecule has 1 aliphatic heterocycles. The van der Waals surface area contributed by atoms with Crippen LogP contribution in [0.4, 0.5) is 0 Å². The van der Waals surface area contributed by atoms with Crippen LogP contribution >= 0.6 is 0 Å². The average Bonchev–Trinajstić information content (AvgIpc) is 3.26. The van der Waals surface area contributed by atoms with Gasteiger partial charge < -0.3 is 34.7 Å². The Morgan fingerprint density at radius 2 is 1.70 bits per heavy atom. The van der Waals surface area contributed by atoms with E-state index in [1.807, 2.05) is 12.3 Å². The number of aromatic nitrogens is 1. The fourth-order valence-electron chi connectivity index (χ4n) is 3.49. The number of likely N-dealkylation sites (tertiary alicyclic amines) is 1. The highest BCUT2D eigenvalue weighted by Crippen LogP contribution is 2.31. The molecule has 3 N–H and O–H groups in total. The van der Waals surface area contributed by atoms with Crippen molar-refractivity contribution < 1.29 is 28.5 Å². The van der Waals surface area contributed by atoms with Gasteiger partial charge in [-0.2, -0.15) is 0 Å². The number of amides is 1. The van der Waals surface area contributed by atoms with Crippen molar-refractivity contribution >= 4 is 5.91 Å². The number of nitrogens with one attached hydrogen (secondary N) is 1. The van der Waals surface area contributed by atoms with E-state index in [9.17, 15) is 4.79 Å². The van der Waals surface area contributed by atoms with E-state index in [0.717, 1.165) is 18.7 Å². The zero-order valence-electron chi connectivity index (χ0n) is 19.8. The molecule has 1 saturated heterocycles. The highest BCUT2D eigenvalue weighted by atomic mass is 16.6. The van der Waals surface area contributed by atoms with Gasteiger partial charge in [0.25, 0.3) is 0 Å². The highest BCUT2D eigenvalue weighted by molar-refractivity contribution is 5.75. The van der Waals surface area contributed by atoms with Crippen LogP contribution in [-0.2, 0) is 23.7 Å². The molecule has 188 valence electrons. The Morgan fingerprint density at radius 3 is 2.33 bits per heavy atom. The number of nitrogens with zero attached hydrogens (tertiary/aromatic N) is 2. The number of ether oxygens (including phenoxy) is 5. The number of hydrogen-bond acceptors (Lipinski definition) is 9. The number of carbonyl (C=O) groups excluding carboxylic acids is 1. The van der Waals surface area contributed by atoms with Crippen molar-refractivity contribution in [1.82, 2.24) is 15.2 Å². The normalized spacial score (nSPS) is 16.2. The summed E-state index contributed by atoms with van der Waals surface area (Å²) >= 11 is 0. The van der Waals surface area contributed by atoms with Crippen LogP contribution in [0.1, 0.15) is 30.9 Å². The van der Waals surface area contributed by atoms with Gasteiger partial charge in [-0.15, -0.1) is 0 Å². The number of carbonyl (C=O) groups is 1. The Balaban J connectivity index is 1.40. The second-order valence-electron chi connectivity index (χ2n) is 7.78. The molecule has 1 atom stereocenters. The molecule has 10 nitrogen and oxygen atoms in total. The second-order valence-corrected chi connectivity index (χ2v) is 7.78. The lowest BCUT2D eigenvalue weighted by atomic mass is 10.1. The Labute approximate surface area is 197 Å². The van der Waals surface area contributed by atoms with E-state index in [2.05, 4.69) is 22.2 Å². The van der Waals surface area contributed by atoms with Crippen molar-refractivity contribution in [2.24, 2.45) is 5.73 Å². The Morgan fingerprint density at radius 1 is 1.03 bits per heavy atom. The highest BCUT2D eigenvalue weighted by Gasteiger charge is 2.23. The first-order valence-corrected chi connectivity index (χ1v) is 11.8. The van der Waals surface area contributed by atoms with Crippen molar-refractivity contribution in [3.63, 3.8) is 0 Å². The Hall–Kier alpha value is -1.82. The molecule has 10 heteroatoms. The molecule has 1 unspecified atom stereocenters. The molecule has 0 aromatic carbocycles. The molecule has 1 fully saturated rings. The molecule has 0 aliphatic carbocycles. The minimum atomic E-state index is -0.0655. The monoisotopic (exact) mass is 468 g/mol. The van der Waals surface area contributed by atoms with Crippen LogP contribution in [0.25, 0.3) is 0 Å². The van der Waals surface area contributed by atoms with Gasteiger partial charge in [0, 0.05) is 25.2 Å². The lowest BCUT2D eigenvalue weighted by molar-refractivity contribution is -0.122. The van der Waals surface area contributed by atoms with Crippen LogP contribution in [0.2, 0.25) is 0 Å². The van der Waals surface area contributed by atoms with Crippen LogP contribution in [0.3, 0.4) is 0 Å². The first-order chi connectivity index (χ1) is 16.2. The van der Waals surface area contributed by atoms with Gasteiger partial charge in [0.05, 0.1) is 65.6 Å². The van der Waals surface area contributed by atoms with E-state index in [4.69, 9.17) is 29.4 Å². The van der Waals surface area contributed by atoms with Gasteiger partial charge in [-0.3, -0.25) is 14.7 Å². The zero-order valence-corrected chi connectivity index (χ0v) is 19.8. The third-order valence-electron chi connectivity index (χ3n) is 5.18. The molecular weight excluding hydrogens is 428 g/mol. The number of rotatable bonds is 19. The van der Waals surface area contributed by atoms with Crippen LogP contribution in [0.5, 0.6) is 5.75 Å². The maximum Gasteiger partial charge on any atom is 0.222 e. The third-order valence-corrected chi connectivity index (χ3v) is 5.18. The van der Waals surface area contributed by atoms with Crippen molar-refractivity contribution in [3.8, 4) is 5.75 Å². The van der Waals surface area contributed by atoms with Crippen LogP contribution in [0, 0.1) is 0 Å². The molecule has 0 saturated carbocycles. The van der Waals surface area contributed by atoms with Gasteiger partial charge in [0.1, 0.15) is 12.4 Å². The SMILES string of the molecule is CN1CCCC1c1cncc(OCCNC(=O)CCOCCOCCOCCOCCN)c1. The van der Waals surface area contributed by atoms with Gasteiger partial charge in [0.2, 0.25) is 5.91 Å². The van der Waals surface area contributed by atoms with E-state index >= 15 is 0 Å². The molecule has 33 heavy (non-hydrogen) atoms. The molecule has 1 amide bonds. The van der Waals surface area contributed by atoms with Crippen molar-refractivity contribution in [2.75, 3.05) is 86.1 Å². The fraction of sp³-hybridized carbons (Fsp3) is 0.739. The maximum absolute atomic E-state index is 11.9. The molecule has 1 aromatic rings. The minimum absolute atomic E-state index is 0.0655. The lowest BCUT2D eigenvalue weighted by Gasteiger charge is -2.19. The van der Waals surface area contributed by atoms with Gasteiger partial charge >= 0.3 is 0 Å². The third kappa shape index (κ3) is 12.3. The molecule has 1 aromatic heterocycles. The van der Waals surface area contributed by atoms with E-state index in [-0.39, 0.29) is 5.91 Å². The van der Waals surface area contributed by atoms with E-state index < -0.39 is 0 Å². The lowest BCUT2D eigenvalue weighted by Crippen LogP contribution is -2.29. The Kier molecular flexibility index (Phi) is 14.7. The summed E-state index contributed by atoms with van der Waals surface area (Å²) in [6.07, 6.45) is 6.27. The van der Waals surface area contributed by atoms with Crippen molar-refractivity contribution in [3.05, 3.63) is 24.0 Å². The maximum atomic E-state index is 11.9. The summed E-state index contributed by atoms with van der Waals surface area (Å²) < 4.78 is 27.1. The van der Waals surface area contributed by atoms with Crippen LogP contribution in [-0.4, -0.2) is 102 Å². The summed E-state index contributed by atoms with van der Waals surface area (Å²) in [4.78, 5) is 18.5. The summed E-state index contributed by atoms with van der Waals surface area (Å²) in [5, 5.41) is 2.84. The topological polar surface area (TPSA) is 117 Å². The summed E-state index contributed by atoms with van der Waals surface area (Å²) in [5.74, 6) is 0.667. The fourth-order valence-corrected chi connectivity index (χ4v) is 3.49. The number of nitrogens with two attached hydrogens (primary N) is 1. The van der Waals surface area contributed by atoms with E-state index in [1.165, 1.54) is 12.0 Å². The largest absolute Gasteiger partial charge is 0.490 e. The van der Waals surface area contributed by atoms with E-state index in [1.54, 1.807) is 6.20 Å². The quantitative estimate of drug-likeness (QED) is 0.284. The summed E-state index contributed by atoms with van der Waals surface area (Å²) in [6, 6.07) is 2.45. The minimum Gasteiger partial charge on any atom is -0.490 e. The number of pyridine rings is 1. The van der Waals surface area contributed by atoms with Crippen molar-refractivity contribution in [1.29, 1.82) is 0 Å². The average molecular weight is 469 g/mol. The van der Waals surface area contributed by atoms with Gasteiger partial charge in [0.15, 0.2) is 0 Å². The molecule has 1 aliphatic rings. The predicted octanol–water partition coefficient (Wildman–Crippen LogP) is 0.759. The first-order valence-electron chi connectivity index (χ1n) is 11.8. The summed E-state index contributed by atoms with van der Waals surface area (Å²) in [7, 11) is 2.14. The van der Waals surface area contributed by atoms with Crippen molar-refractivity contribution in [2.45, 2.75) is 25.3 Å². The summed E-state index contributed by atoms with van der Waals surface area (Å²) in [5.41, 5.74) is 6.50. The molecule has 2 heterocycles. The van der Waals surface area contributed by atoms with Crippen LogP contribution < -0.4 is 15.8 Å². The van der Waals surface area contributed by atoms with Crippen LogP contribution in [0.15, 0.2) is 18.5 Å². The summed E-state index contributed by atoms with van der Waals surface area (Å²) in [6.45, 7) is 6.34. The standard InChI is InChI=1S/C23H40N4O6/c1-27-7-2-3-22(27)20-17-21(19-25-18-20)33-10-6-26-23(28)4-8-29-11-13-31-15-16-32-14-12-30-9-5-24/h17-19,22H,2-16,24H2,1H3,(H,26,28). The second kappa shape index (κ2) is 17.6. The predicted molar refractivity (Wildman–Crippen MR) is 124 cm³/mol. The first kappa shape index (κ1) is 27.4.